The summed E-state index contributed by atoms with van der Waals surface area (Å²) in [5.41, 5.74) is 6.64. The molecule has 0 fully saturated rings. The standard InChI is InChI=1S/C10H13FN2S/c1-6-10(5-12)14-9-4-7(11)2-3-8(9)13-6/h2-4,6,10,13H,5,12H2,1H3. The van der Waals surface area contributed by atoms with Gasteiger partial charge in [-0.3, -0.25) is 0 Å². The molecule has 0 aromatic heterocycles. The molecule has 0 saturated heterocycles. The molecule has 0 spiro atoms. The van der Waals surface area contributed by atoms with Gasteiger partial charge in [-0.25, -0.2) is 4.39 Å². The SMILES string of the molecule is CC1Nc2ccc(F)cc2SC1CN. The summed E-state index contributed by atoms with van der Waals surface area (Å²) in [5, 5.41) is 3.64. The highest BCUT2D eigenvalue weighted by Crippen LogP contribution is 2.37. The van der Waals surface area contributed by atoms with Crippen molar-refractivity contribution in [1.82, 2.24) is 0 Å². The summed E-state index contributed by atoms with van der Waals surface area (Å²) < 4.78 is 13.0. The predicted octanol–water partition coefficient (Wildman–Crippen LogP) is 2.06. The molecule has 1 heterocycles. The fourth-order valence-corrected chi connectivity index (χ4v) is 2.70. The summed E-state index contributed by atoms with van der Waals surface area (Å²) in [7, 11) is 0. The van der Waals surface area contributed by atoms with E-state index in [0.29, 0.717) is 17.8 Å². The second-order valence-corrected chi connectivity index (χ2v) is 4.75. The number of anilines is 1. The molecule has 1 aliphatic rings. The number of rotatable bonds is 1. The van der Waals surface area contributed by atoms with Crippen molar-refractivity contribution in [2.75, 3.05) is 11.9 Å². The van der Waals surface area contributed by atoms with Gasteiger partial charge in [0, 0.05) is 28.4 Å². The van der Waals surface area contributed by atoms with E-state index >= 15 is 0 Å². The molecule has 14 heavy (non-hydrogen) atoms. The highest BCUT2D eigenvalue weighted by atomic mass is 32.2. The fraction of sp³-hybridized carbons (Fsp3) is 0.400. The average molecular weight is 212 g/mol. The van der Waals surface area contributed by atoms with E-state index in [-0.39, 0.29) is 5.82 Å². The van der Waals surface area contributed by atoms with Crippen molar-refractivity contribution in [3.05, 3.63) is 24.0 Å². The molecule has 1 aromatic rings. The van der Waals surface area contributed by atoms with Gasteiger partial charge in [0.05, 0.1) is 0 Å². The van der Waals surface area contributed by atoms with E-state index in [2.05, 4.69) is 12.2 Å². The van der Waals surface area contributed by atoms with E-state index in [1.165, 1.54) is 6.07 Å². The van der Waals surface area contributed by atoms with E-state index in [1.54, 1.807) is 23.9 Å². The lowest BCUT2D eigenvalue weighted by Gasteiger charge is -2.30. The Hall–Kier alpha value is -0.740. The normalized spacial score (nSPS) is 25.4. The number of nitrogens with one attached hydrogen (secondary N) is 1. The molecule has 2 nitrogen and oxygen atoms in total. The maximum absolute atomic E-state index is 13.0. The largest absolute Gasteiger partial charge is 0.381 e. The molecule has 0 amide bonds. The minimum Gasteiger partial charge on any atom is -0.381 e. The highest BCUT2D eigenvalue weighted by Gasteiger charge is 2.24. The fourth-order valence-electron chi connectivity index (χ4n) is 1.57. The van der Waals surface area contributed by atoms with Crippen LogP contribution >= 0.6 is 11.8 Å². The van der Waals surface area contributed by atoms with Crippen molar-refractivity contribution in [3.8, 4) is 0 Å². The lowest BCUT2D eigenvalue weighted by molar-refractivity contribution is 0.622. The Morgan fingerprint density at radius 3 is 3.07 bits per heavy atom. The second kappa shape index (κ2) is 3.79. The molecule has 0 bridgehead atoms. The first-order valence-corrected chi connectivity index (χ1v) is 5.51. The molecule has 4 heteroatoms. The molecule has 3 N–H and O–H groups in total. The average Bonchev–Trinajstić information content (AvgIpc) is 2.17. The Morgan fingerprint density at radius 2 is 2.36 bits per heavy atom. The first-order chi connectivity index (χ1) is 6.70. The van der Waals surface area contributed by atoms with Gasteiger partial charge in [0.1, 0.15) is 5.82 Å². The van der Waals surface area contributed by atoms with Crippen molar-refractivity contribution >= 4 is 17.4 Å². The van der Waals surface area contributed by atoms with Crippen LogP contribution in [0.25, 0.3) is 0 Å². The van der Waals surface area contributed by atoms with E-state index in [9.17, 15) is 4.39 Å². The highest BCUT2D eigenvalue weighted by molar-refractivity contribution is 8.00. The lowest BCUT2D eigenvalue weighted by Crippen LogP contribution is -2.37. The lowest BCUT2D eigenvalue weighted by atomic mass is 10.2. The first-order valence-electron chi connectivity index (χ1n) is 4.63. The Balaban J connectivity index is 2.31. The van der Waals surface area contributed by atoms with Crippen molar-refractivity contribution in [3.63, 3.8) is 0 Å². The molecule has 0 radical (unpaired) electrons. The van der Waals surface area contributed by atoms with Crippen LogP contribution in [-0.2, 0) is 0 Å². The van der Waals surface area contributed by atoms with E-state index < -0.39 is 0 Å². The van der Waals surface area contributed by atoms with E-state index in [0.717, 1.165) is 10.6 Å². The van der Waals surface area contributed by atoms with Crippen LogP contribution in [0.1, 0.15) is 6.92 Å². The van der Waals surface area contributed by atoms with Gasteiger partial charge >= 0.3 is 0 Å². The zero-order valence-corrected chi connectivity index (χ0v) is 8.77. The van der Waals surface area contributed by atoms with Crippen molar-refractivity contribution in [2.45, 2.75) is 23.1 Å². The summed E-state index contributed by atoms with van der Waals surface area (Å²) in [6, 6.07) is 5.15. The van der Waals surface area contributed by atoms with Crippen LogP contribution in [0.3, 0.4) is 0 Å². The molecule has 2 atom stereocenters. The molecule has 76 valence electrons. The third-order valence-electron chi connectivity index (χ3n) is 2.40. The molecular formula is C10H13FN2S. The number of hydrogen-bond donors (Lipinski definition) is 2. The number of thioether (sulfide) groups is 1. The molecule has 2 unspecified atom stereocenters. The van der Waals surface area contributed by atoms with Gasteiger partial charge in [-0.05, 0) is 25.1 Å². The first kappa shape index (κ1) is 9.80. The van der Waals surface area contributed by atoms with E-state index in [1.807, 2.05) is 0 Å². The van der Waals surface area contributed by atoms with Gasteiger partial charge < -0.3 is 11.1 Å². The predicted molar refractivity (Wildman–Crippen MR) is 58.2 cm³/mol. The molecule has 0 aliphatic carbocycles. The number of fused-ring (bicyclic) bond motifs is 1. The molecule has 2 rings (SSSR count). The van der Waals surface area contributed by atoms with Crippen LogP contribution < -0.4 is 11.1 Å². The zero-order valence-electron chi connectivity index (χ0n) is 7.96. The van der Waals surface area contributed by atoms with Gasteiger partial charge in [0.15, 0.2) is 0 Å². The Morgan fingerprint density at radius 1 is 1.57 bits per heavy atom. The number of benzene rings is 1. The van der Waals surface area contributed by atoms with Gasteiger partial charge in [-0.15, -0.1) is 11.8 Å². The van der Waals surface area contributed by atoms with Crippen LogP contribution in [-0.4, -0.2) is 17.8 Å². The summed E-state index contributed by atoms with van der Waals surface area (Å²) in [6.07, 6.45) is 0. The maximum Gasteiger partial charge on any atom is 0.124 e. The van der Waals surface area contributed by atoms with E-state index in [4.69, 9.17) is 5.73 Å². The topological polar surface area (TPSA) is 38.0 Å². The Kier molecular flexibility index (Phi) is 2.65. The second-order valence-electron chi connectivity index (χ2n) is 3.47. The van der Waals surface area contributed by atoms with Crippen molar-refractivity contribution in [1.29, 1.82) is 0 Å². The van der Waals surface area contributed by atoms with Gasteiger partial charge in [0.2, 0.25) is 0 Å². The van der Waals surface area contributed by atoms with Crippen molar-refractivity contribution < 1.29 is 4.39 Å². The minimum absolute atomic E-state index is 0.191. The van der Waals surface area contributed by atoms with Crippen LogP contribution in [0.15, 0.2) is 23.1 Å². The monoisotopic (exact) mass is 212 g/mol. The van der Waals surface area contributed by atoms with Gasteiger partial charge in [0.25, 0.3) is 0 Å². The molecule has 1 aromatic carbocycles. The maximum atomic E-state index is 13.0. The molecule has 1 aliphatic heterocycles. The van der Waals surface area contributed by atoms with Gasteiger partial charge in [-0.1, -0.05) is 0 Å². The van der Waals surface area contributed by atoms with Gasteiger partial charge in [-0.2, -0.15) is 0 Å². The van der Waals surface area contributed by atoms with Crippen LogP contribution in [0.4, 0.5) is 10.1 Å². The summed E-state index contributed by atoms with van der Waals surface area (Å²) in [6.45, 7) is 2.70. The van der Waals surface area contributed by atoms with Crippen LogP contribution in [0.2, 0.25) is 0 Å². The summed E-state index contributed by atoms with van der Waals surface area (Å²) in [5.74, 6) is -0.191. The van der Waals surface area contributed by atoms with Crippen LogP contribution in [0.5, 0.6) is 0 Å². The number of halogens is 1. The smallest absolute Gasteiger partial charge is 0.124 e. The number of hydrogen-bond acceptors (Lipinski definition) is 3. The van der Waals surface area contributed by atoms with Crippen LogP contribution in [0, 0.1) is 5.82 Å². The third kappa shape index (κ3) is 1.72. The Labute approximate surface area is 87.1 Å². The Bertz CT molecular complexity index is 343. The van der Waals surface area contributed by atoms with Crippen molar-refractivity contribution in [2.24, 2.45) is 5.73 Å². The quantitative estimate of drug-likeness (QED) is 0.748. The summed E-state index contributed by atoms with van der Waals surface area (Å²) >= 11 is 1.65. The molecule has 0 saturated carbocycles. The number of nitrogens with two attached hydrogens (primary N) is 1. The molecular weight excluding hydrogens is 199 g/mol. The summed E-state index contributed by atoms with van der Waals surface area (Å²) in [4.78, 5) is 0.957. The third-order valence-corrected chi connectivity index (χ3v) is 3.89. The minimum atomic E-state index is -0.191. The zero-order chi connectivity index (χ0) is 10.1.